The Kier molecular flexibility index (Phi) is 2.64. The molecule has 46 valence electrons. The number of hydrogen-bond acceptors (Lipinski definition) is 3. The number of nitrogens with two attached hydrogens (primary N) is 2. The van der Waals surface area contributed by atoms with E-state index in [-0.39, 0.29) is 5.82 Å². The monoisotopic (exact) mass is 114 g/mol. The lowest BCUT2D eigenvalue weighted by molar-refractivity contribution is 1.01. The van der Waals surface area contributed by atoms with E-state index in [1.807, 2.05) is 0 Å². The summed E-state index contributed by atoms with van der Waals surface area (Å²) >= 11 is 0. The van der Waals surface area contributed by atoms with Crippen molar-refractivity contribution in [2.75, 3.05) is 0 Å². The molecule has 0 radical (unpaired) electrons. The van der Waals surface area contributed by atoms with E-state index in [9.17, 15) is 0 Å². The van der Waals surface area contributed by atoms with Crippen LogP contribution >= 0.6 is 0 Å². The third-order valence-electron chi connectivity index (χ3n) is 0.520. The molecular formula is C4H10N4. The lowest BCUT2D eigenvalue weighted by Crippen LogP contribution is -2.27. The molecule has 0 aromatic heterocycles. The van der Waals surface area contributed by atoms with Crippen molar-refractivity contribution in [3.8, 4) is 0 Å². The zero-order chi connectivity index (χ0) is 6.57. The van der Waals surface area contributed by atoms with Crippen LogP contribution in [0.5, 0.6) is 0 Å². The summed E-state index contributed by atoms with van der Waals surface area (Å²) in [6, 6.07) is 0. The predicted molar refractivity (Wildman–Crippen MR) is 33.8 cm³/mol. The Morgan fingerprint density at radius 3 is 2.38 bits per heavy atom. The van der Waals surface area contributed by atoms with Crippen LogP contribution in [-0.2, 0) is 0 Å². The Morgan fingerprint density at radius 2 is 2.25 bits per heavy atom. The van der Waals surface area contributed by atoms with Crippen LogP contribution in [0.25, 0.3) is 0 Å². The lowest BCUT2D eigenvalue weighted by Gasteiger charge is -1.94. The van der Waals surface area contributed by atoms with Gasteiger partial charge in [0.2, 0.25) is 0 Å². The SMILES string of the molecule is C=C(N)N=C(C)NN. The maximum Gasteiger partial charge on any atom is 0.118 e. The fraction of sp³-hybridized carbons (Fsp3) is 0.250. The number of hydrogen-bond donors (Lipinski definition) is 3. The summed E-state index contributed by atoms with van der Waals surface area (Å²) < 4.78 is 0. The second-order valence-corrected chi connectivity index (χ2v) is 1.33. The van der Waals surface area contributed by atoms with Crippen LogP contribution in [0.15, 0.2) is 17.4 Å². The molecule has 0 aliphatic carbocycles. The first-order chi connectivity index (χ1) is 3.66. The molecule has 0 saturated carbocycles. The molecule has 0 aliphatic heterocycles. The molecule has 0 aromatic rings. The summed E-state index contributed by atoms with van der Waals surface area (Å²) in [6.07, 6.45) is 0. The molecule has 0 fully saturated rings. The molecule has 0 heterocycles. The van der Waals surface area contributed by atoms with E-state index in [1.54, 1.807) is 6.92 Å². The highest BCUT2D eigenvalue weighted by molar-refractivity contribution is 5.79. The van der Waals surface area contributed by atoms with Gasteiger partial charge >= 0.3 is 0 Å². The molecule has 0 rings (SSSR count). The van der Waals surface area contributed by atoms with E-state index in [1.165, 1.54) is 0 Å². The number of amidine groups is 1. The van der Waals surface area contributed by atoms with E-state index in [0.29, 0.717) is 5.84 Å². The van der Waals surface area contributed by atoms with E-state index < -0.39 is 0 Å². The smallest absolute Gasteiger partial charge is 0.118 e. The Balaban J connectivity index is 3.75. The molecule has 0 saturated heterocycles. The van der Waals surface area contributed by atoms with Gasteiger partial charge in [-0.1, -0.05) is 6.58 Å². The van der Waals surface area contributed by atoms with Gasteiger partial charge in [-0.05, 0) is 6.92 Å². The van der Waals surface area contributed by atoms with Crippen molar-refractivity contribution >= 4 is 5.84 Å². The minimum atomic E-state index is 0.250. The number of nitrogens with zero attached hydrogens (tertiary/aromatic N) is 1. The first kappa shape index (κ1) is 6.97. The molecule has 0 bridgehead atoms. The second-order valence-electron chi connectivity index (χ2n) is 1.33. The van der Waals surface area contributed by atoms with Crippen molar-refractivity contribution in [1.82, 2.24) is 5.43 Å². The van der Waals surface area contributed by atoms with Gasteiger partial charge in [0.15, 0.2) is 0 Å². The Labute approximate surface area is 48.2 Å². The predicted octanol–water partition coefficient (Wildman–Crippen LogP) is -0.702. The van der Waals surface area contributed by atoms with Crippen molar-refractivity contribution < 1.29 is 0 Å². The van der Waals surface area contributed by atoms with Crippen molar-refractivity contribution in [3.63, 3.8) is 0 Å². The molecule has 0 aliphatic rings. The molecule has 0 spiro atoms. The Bertz CT molecular complexity index is 115. The standard InChI is InChI=1S/C4H10N4/c1-3(5)7-4(2)8-6/h1,5-6H2,2H3,(H,7,8). The van der Waals surface area contributed by atoms with Crippen LogP contribution in [-0.4, -0.2) is 5.84 Å². The zero-order valence-electron chi connectivity index (χ0n) is 4.81. The zero-order valence-corrected chi connectivity index (χ0v) is 4.81. The number of hydrazine groups is 1. The number of aliphatic imine (C=N–C) groups is 1. The maximum absolute atomic E-state index is 5.09. The van der Waals surface area contributed by atoms with E-state index in [2.05, 4.69) is 17.0 Å². The topological polar surface area (TPSA) is 76.4 Å². The summed E-state index contributed by atoms with van der Waals surface area (Å²) in [5.41, 5.74) is 7.40. The molecule has 5 N–H and O–H groups in total. The fourth-order valence-electron chi connectivity index (χ4n) is 0.248. The van der Waals surface area contributed by atoms with Crippen LogP contribution in [0.4, 0.5) is 0 Å². The average molecular weight is 114 g/mol. The molecule has 0 amide bonds. The highest BCUT2D eigenvalue weighted by Crippen LogP contribution is 1.77. The summed E-state index contributed by atoms with van der Waals surface area (Å²) in [5.74, 6) is 5.75. The maximum atomic E-state index is 5.09. The minimum absolute atomic E-state index is 0.250. The minimum Gasteiger partial charge on any atom is -0.384 e. The van der Waals surface area contributed by atoms with E-state index in [0.717, 1.165) is 0 Å². The first-order valence-corrected chi connectivity index (χ1v) is 2.13. The average Bonchev–Trinajstić information content (AvgIpc) is 1.65. The lowest BCUT2D eigenvalue weighted by atomic mass is 10.7. The van der Waals surface area contributed by atoms with Gasteiger partial charge in [-0.15, -0.1) is 0 Å². The molecule has 0 unspecified atom stereocenters. The van der Waals surface area contributed by atoms with Crippen molar-refractivity contribution in [3.05, 3.63) is 12.4 Å². The summed E-state index contributed by atoms with van der Waals surface area (Å²) in [6.45, 7) is 5.03. The molecular weight excluding hydrogens is 104 g/mol. The van der Waals surface area contributed by atoms with E-state index >= 15 is 0 Å². The van der Waals surface area contributed by atoms with Crippen molar-refractivity contribution in [1.29, 1.82) is 0 Å². The van der Waals surface area contributed by atoms with Gasteiger partial charge in [-0.2, -0.15) is 0 Å². The van der Waals surface area contributed by atoms with Gasteiger partial charge in [-0.3, -0.25) is 0 Å². The first-order valence-electron chi connectivity index (χ1n) is 2.13. The third kappa shape index (κ3) is 3.17. The summed E-state index contributed by atoms with van der Waals surface area (Å²) in [5, 5.41) is 0. The second kappa shape index (κ2) is 3.04. The summed E-state index contributed by atoms with van der Waals surface area (Å²) in [4.78, 5) is 3.66. The van der Waals surface area contributed by atoms with Gasteiger partial charge in [0.25, 0.3) is 0 Å². The highest BCUT2D eigenvalue weighted by Gasteiger charge is 1.80. The van der Waals surface area contributed by atoms with Gasteiger partial charge in [0, 0.05) is 0 Å². The fourth-order valence-corrected chi connectivity index (χ4v) is 0.248. The van der Waals surface area contributed by atoms with Crippen LogP contribution in [0.1, 0.15) is 6.92 Å². The van der Waals surface area contributed by atoms with Crippen LogP contribution in [0.2, 0.25) is 0 Å². The van der Waals surface area contributed by atoms with Crippen molar-refractivity contribution in [2.24, 2.45) is 16.6 Å². The molecule has 4 nitrogen and oxygen atoms in total. The van der Waals surface area contributed by atoms with Crippen LogP contribution in [0.3, 0.4) is 0 Å². The number of nitrogens with one attached hydrogen (secondary N) is 1. The van der Waals surface area contributed by atoms with E-state index in [4.69, 9.17) is 11.6 Å². The molecule has 4 heteroatoms. The Morgan fingerprint density at radius 1 is 1.75 bits per heavy atom. The van der Waals surface area contributed by atoms with Gasteiger partial charge in [0.1, 0.15) is 11.7 Å². The quantitative estimate of drug-likeness (QED) is 0.182. The van der Waals surface area contributed by atoms with Gasteiger partial charge < -0.3 is 11.2 Å². The van der Waals surface area contributed by atoms with Crippen LogP contribution in [0, 0.1) is 0 Å². The molecule has 0 aromatic carbocycles. The Hall–Kier alpha value is -1.03. The van der Waals surface area contributed by atoms with Gasteiger partial charge in [-0.25, -0.2) is 10.8 Å². The summed E-state index contributed by atoms with van der Waals surface area (Å²) in [7, 11) is 0. The molecule has 8 heavy (non-hydrogen) atoms. The van der Waals surface area contributed by atoms with Crippen molar-refractivity contribution in [2.45, 2.75) is 6.92 Å². The highest BCUT2D eigenvalue weighted by atomic mass is 15.2. The normalized spacial score (nSPS) is 11.0. The third-order valence-corrected chi connectivity index (χ3v) is 0.520. The number of rotatable bonds is 1. The molecule has 0 atom stereocenters. The van der Waals surface area contributed by atoms with Crippen LogP contribution < -0.4 is 17.0 Å². The van der Waals surface area contributed by atoms with Gasteiger partial charge in [0.05, 0.1) is 0 Å². The largest absolute Gasteiger partial charge is 0.384 e.